The molecule has 0 aromatic heterocycles. The molecule has 0 bridgehead atoms. The summed E-state index contributed by atoms with van der Waals surface area (Å²) in [5.74, 6) is -1.34. The number of hydrogen-bond donors (Lipinski definition) is 3. The lowest BCUT2D eigenvalue weighted by molar-refractivity contribution is -0.161. The number of phosphoric acid groups is 2. The zero-order chi connectivity index (χ0) is 72.7. The van der Waals surface area contributed by atoms with Crippen molar-refractivity contribution in [2.24, 2.45) is 5.92 Å². The van der Waals surface area contributed by atoms with Crippen LogP contribution in [-0.2, 0) is 65.4 Å². The van der Waals surface area contributed by atoms with Gasteiger partial charge in [-0.25, -0.2) is 9.13 Å². The van der Waals surface area contributed by atoms with E-state index < -0.39 is 97.5 Å². The predicted molar refractivity (Wildman–Crippen MR) is 405 cm³/mol. The van der Waals surface area contributed by atoms with Crippen LogP contribution in [0.1, 0.15) is 426 Å². The predicted octanol–water partition coefficient (Wildman–Crippen LogP) is 24.0. The van der Waals surface area contributed by atoms with Crippen LogP contribution in [0.15, 0.2) is 0 Å². The van der Waals surface area contributed by atoms with E-state index in [2.05, 4.69) is 34.6 Å². The van der Waals surface area contributed by atoms with Crippen LogP contribution in [0, 0.1) is 5.92 Å². The molecule has 3 N–H and O–H groups in total. The lowest BCUT2D eigenvalue weighted by atomic mass is 9.99. The average molecular weight is 1450 g/mol. The van der Waals surface area contributed by atoms with E-state index in [0.717, 1.165) is 95.8 Å². The molecule has 0 aliphatic heterocycles. The van der Waals surface area contributed by atoms with Gasteiger partial charge in [0, 0.05) is 25.7 Å². The number of unbranched alkanes of at least 4 members (excludes halogenated alkanes) is 51. The first-order valence-electron chi connectivity index (χ1n) is 41.7. The van der Waals surface area contributed by atoms with Crippen molar-refractivity contribution < 1.29 is 80.2 Å². The molecular weight excluding hydrogens is 1290 g/mol. The second kappa shape index (κ2) is 73.0. The third-order valence-electron chi connectivity index (χ3n) is 19.1. The van der Waals surface area contributed by atoms with E-state index in [1.807, 2.05) is 0 Å². The molecule has 17 nitrogen and oxygen atoms in total. The minimum absolute atomic E-state index is 0.106. The fraction of sp³-hybridized carbons (Fsp3) is 0.950. The standard InChI is InChI=1S/C80H156O17P2/c1-6-10-13-16-19-22-25-28-30-32-34-36-38-41-44-50-55-60-65-79(84)96-75(69-90-78(83)64-59-54-49-43-40-37-35-33-31-29-26-23-20-17-14-11-7-2)71-94-98(86,87)92-67-74(81)68-93-99(88,89)95-72-76(97-80(85)66-61-56-51-46-45-47-52-57-62-73(5)9-4)70-91-77(82)63-58-53-48-42-39-27-24-21-18-15-12-8-3/h73-76,81H,6-72H2,1-5H3,(H,86,87)(H,88,89)/t73?,74-,75-,76-/m1/s1. The Balaban J connectivity index is 5.25. The molecule has 0 aromatic carbocycles. The van der Waals surface area contributed by atoms with Gasteiger partial charge in [0.15, 0.2) is 12.2 Å². The smallest absolute Gasteiger partial charge is 0.462 e. The summed E-state index contributed by atoms with van der Waals surface area (Å²) >= 11 is 0. The van der Waals surface area contributed by atoms with Crippen molar-refractivity contribution in [3.63, 3.8) is 0 Å². The van der Waals surface area contributed by atoms with E-state index in [-0.39, 0.29) is 25.7 Å². The zero-order valence-electron chi connectivity index (χ0n) is 64.6. The molecule has 3 unspecified atom stereocenters. The summed E-state index contributed by atoms with van der Waals surface area (Å²) in [4.78, 5) is 73.0. The van der Waals surface area contributed by atoms with Gasteiger partial charge in [0.25, 0.3) is 0 Å². The van der Waals surface area contributed by atoms with Crippen LogP contribution in [0.4, 0.5) is 0 Å². The molecule has 0 aliphatic carbocycles. The van der Waals surface area contributed by atoms with Crippen molar-refractivity contribution in [3.8, 4) is 0 Å². The van der Waals surface area contributed by atoms with Crippen LogP contribution in [0.5, 0.6) is 0 Å². The fourth-order valence-electron chi connectivity index (χ4n) is 12.4. The van der Waals surface area contributed by atoms with Crippen molar-refractivity contribution in [2.45, 2.75) is 445 Å². The van der Waals surface area contributed by atoms with E-state index >= 15 is 0 Å². The highest BCUT2D eigenvalue weighted by atomic mass is 31.2. The second-order valence-electron chi connectivity index (χ2n) is 29.1. The molecule has 99 heavy (non-hydrogen) atoms. The highest BCUT2D eigenvalue weighted by Gasteiger charge is 2.30. The first-order chi connectivity index (χ1) is 48.1. The number of aliphatic hydroxyl groups is 1. The molecule has 588 valence electrons. The Bertz CT molecular complexity index is 1890. The molecule has 0 saturated heterocycles. The van der Waals surface area contributed by atoms with Crippen LogP contribution in [-0.4, -0.2) is 96.7 Å². The first kappa shape index (κ1) is 97.1. The van der Waals surface area contributed by atoms with Gasteiger partial charge in [0.1, 0.15) is 19.3 Å². The van der Waals surface area contributed by atoms with Gasteiger partial charge in [0.05, 0.1) is 26.4 Å². The first-order valence-corrected chi connectivity index (χ1v) is 44.7. The number of carbonyl (C=O) groups is 4. The Morgan fingerprint density at radius 2 is 0.485 bits per heavy atom. The Morgan fingerprint density at radius 3 is 0.717 bits per heavy atom. The van der Waals surface area contributed by atoms with Gasteiger partial charge in [-0.05, 0) is 31.6 Å². The van der Waals surface area contributed by atoms with E-state index in [4.69, 9.17) is 37.0 Å². The maximum atomic E-state index is 13.1. The molecule has 0 aliphatic rings. The molecule has 0 spiro atoms. The molecule has 0 rings (SSSR count). The Labute approximate surface area is 607 Å². The molecular formula is C80H156O17P2. The number of hydrogen-bond acceptors (Lipinski definition) is 15. The van der Waals surface area contributed by atoms with Crippen molar-refractivity contribution in [1.29, 1.82) is 0 Å². The van der Waals surface area contributed by atoms with E-state index in [1.54, 1.807) is 0 Å². The van der Waals surface area contributed by atoms with Gasteiger partial charge in [-0.3, -0.25) is 37.3 Å². The maximum Gasteiger partial charge on any atom is 0.472 e. The minimum Gasteiger partial charge on any atom is -0.462 e. The fourth-order valence-corrected chi connectivity index (χ4v) is 14.0. The summed E-state index contributed by atoms with van der Waals surface area (Å²) in [6.07, 6.45) is 63.7. The van der Waals surface area contributed by atoms with Crippen LogP contribution in [0.25, 0.3) is 0 Å². The van der Waals surface area contributed by atoms with Gasteiger partial charge >= 0.3 is 39.5 Å². The van der Waals surface area contributed by atoms with Crippen LogP contribution in [0.2, 0.25) is 0 Å². The SMILES string of the molecule is CCCCCCCCCCCCCCCCCCCCC(=O)O[C@H](COC(=O)CCCCCCCCCCCCCCCCCCC)COP(=O)(O)OC[C@@H](O)COP(=O)(O)OC[C@@H](COC(=O)CCCCCCCCCCCCCC)OC(=O)CCCCCCCCCCC(C)CC. The lowest BCUT2D eigenvalue weighted by Crippen LogP contribution is -2.30. The third kappa shape index (κ3) is 72.8. The summed E-state index contributed by atoms with van der Waals surface area (Å²) in [5.41, 5.74) is 0. The number of ether oxygens (including phenoxy) is 4. The Morgan fingerprint density at radius 1 is 0.283 bits per heavy atom. The van der Waals surface area contributed by atoms with Gasteiger partial charge in [-0.15, -0.1) is 0 Å². The van der Waals surface area contributed by atoms with E-state index in [1.165, 1.54) is 250 Å². The molecule has 19 heteroatoms. The Hall–Kier alpha value is -1.94. The number of carbonyl (C=O) groups excluding carboxylic acids is 4. The van der Waals surface area contributed by atoms with Crippen molar-refractivity contribution in [3.05, 3.63) is 0 Å². The third-order valence-corrected chi connectivity index (χ3v) is 21.0. The number of rotatable bonds is 80. The number of esters is 4. The zero-order valence-corrected chi connectivity index (χ0v) is 66.4. The molecule has 0 heterocycles. The summed E-state index contributed by atoms with van der Waals surface area (Å²) in [7, 11) is -9.92. The quantitative estimate of drug-likeness (QED) is 0.0222. The monoisotopic (exact) mass is 1450 g/mol. The topological polar surface area (TPSA) is 237 Å². The summed E-state index contributed by atoms with van der Waals surface area (Å²) < 4.78 is 68.7. The minimum atomic E-state index is -4.96. The van der Waals surface area contributed by atoms with Gasteiger partial charge in [-0.2, -0.15) is 0 Å². The summed E-state index contributed by atoms with van der Waals surface area (Å²) in [5, 5.41) is 10.6. The number of phosphoric ester groups is 2. The normalized spacial score (nSPS) is 14.1. The van der Waals surface area contributed by atoms with Crippen LogP contribution < -0.4 is 0 Å². The van der Waals surface area contributed by atoms with E-state index in [9.17, 15) is 43.2 Å². The maximum absolute atomic E-state index is 13.1. The number of aliphatic hydroxyl groups excluding tert-OH is 1. The van der Waals surface area contributed by atoms with Crippen molar-refractivity contribution in [1.82, 2.24) is 0 Å². The largest absolute Gasteiger partial charge is 0.472 e. The van der Waals surface area contributed by atoms with Gasteiger partial charge in [-0.1, -0.05) is 375 Å². The Kier molecular flexibility index (Phi) is 71.6. The van der Waals surface area contributed by atoms with Crippen molar-refractivity contribution >= 4 is 39.5 Å². The highest BCUT2D eigenvalue weighted by molar-refractivity contribution is 7.47. The second-order valence-corrected chi connectivity index (χ2v) is 32.0. The molecule has 0 fully saturated rings. The van der Waals surface area contributed by atoms with Gasteiger partial charge < -0.3 is 33.8 Å². The average Bonchev–Trinajstić information content (AvgIpc) is 1.06. The lowest BCUT2D eigenvalue weighted by Gasteiger charge is -2.21. The molecule has 0 amide bonds. The van der Waals surface area contributed by atoms with Crippen LogP contribution >= 0.6 is 15.6 Å². The van der Waals surface area contributed by atoms with Crippen LogP contribution in [0.3, 0.4) is 0 Å². The highest BCUT2D eigenvalue weighted by Crippen LogP contribution is 2.45. The summed E-state index contributed by atoms with van der Waals surface area (Å²) in [6, 6.07) is 0. The van der Waals surface area contributed by atoms with Crippen molar-refractivity contribution in [2.75, 3.05) is 39.6 Å². The molecule has 0 aromatic rings. The molecule has 6 atom stereocenters. The summed E-state index contributed by atoms with van der Waals surface area (Å²) in [6.45, 7) is 7.32. The van der Waals surface area contributed by atoms with E-state index in [0.29, 0.717) is 25.7 Å². The molecule has 0 radical (unpaired) electrons. The van der Waals surface area contributed by atoms with Gasteiger partial charge in [0.2, 0.25) is 0 Å². The molecule has 0 saturated carbocycles.